The number of carbonyl (C=O) groups excluding carboxylic acids is 3. The number of nitrogens with zero attached hydrogens (tertiary/aromatic N) is 1. The Bertz CT molecular complexity index is 2210. The van der Waals surface area contributed by atoms with Crippen molar-refractivity contribution in [2.75, 3.05) is 55.4 Å². The molecule has 0 bridgehead atoms. The molecule has 13 nitrogen and oxygen atoms in total. The van der Waals surface area contributed by atoms with E-state index in [1.54, 1.807) is 45.4 Å². The summed E-state index contributed by atoms with van der Waals surface area (Å²) >= 11 is 6.67. The van der Waals surface area contributed by atoms with Gasteiger partial charge < -0.3 is 42.9 Å². The Morgan fingerprint density at radius 1 is 0.963 bits per heavy atom. The van der Waals surface area contributed by atoms with Gasteiger partial charge in [-0.25, -0.2) is 0 Å². The van der Waals surface area contributed by atoms with Gasteiger partial charge in [0, 0.05) is 48.2 Å². The lowest BCUT2D eigenvalue weighted by molar-refractivity contribution is -0.120. The minimum absolute atomic E-state index is 0.00889. The van der Waals surface area contributed by atoms with Crippen LogP contribution in [0.2, 0.25) is 5.02 Å². The van der Waals surface area contributed by atoms with E-state index in [0.29, 0.717) is 45.6 Å². The van der Waals surface area contributed by atoms with Crippen molar-refractivity contribution < 1.29 is 52.0 Å². The van der Waals surface area contributed by atoms with Crippen molar-refractivity contribution in [3.8, 4) is 51.6 Å². The molecule has 54 heavy (non-hydrogen) atoms. The van der Waals surface area contributed by atoms with Crippen LogP contribution in [0.25, 0.3) is 11.3 Å². The lowest BCUT2D eigenvalue weighted by Gasteiger charge is -2.36. The molecular formula is C40H39ClN2O11. The van der Waals surface area contributed by atoms with E-state index in [1.165, 1.54) is 20.3 Å². The third-order valence-corrected chi connectivity index (χ3v) is 11.3. The Hall–Kier alpha value is -5.40. The molecule has 1 aromatic heterocycles. The number of ether oxygens (including phenoxy) is 7. The molecule has 0 saturated heterocycles. The second-order valence-corrected chi connectivity index (χ2v) is 14.2. The topological polar surface area (TPSA) is 144 Å². The van der Waals surface area contributed by atoms with Crippen molar-refractivity contribution >= 4 is 29.1 Å². The molecule has 1 aliphatic carbocycles. The van der Waals surface area contributed by atoms with E-state index in [-0.39, 0.29) is 71.5 Å². The van der Waals surface area contributed by atoms with Gasteiger partial charge in [-0.15, -0.1) is 0 Å². The van der Waals surface area contributed by atoms with Crippen LogP contribution in [0.4, 0.5) is 0 Å². The van der Waals surface area contributed by atoms with E-state index in [9.17, 15) is 14.4 Å². The standard InChI is InChI=1S/C40H39ClN2O11/c1-19-13-26-31(38(45)40(19)39(46)32-25(48-4)16-27(49-5)33(41)36(32)54-40)23(34(53-26)20-7-9-22(47-3)10-8-20)15-29(44)42-17-24-30-21(11-12-43(24)2)14-28-35(37(30)50-6)52-18-51-28/h7-10,14,16,19,24H,11-13,15,17-18H2,1-6H3,(H,42,44). The van der Waals surface area contributed by atoms with Crippen LogP contribution in [0, 0.1) is 5.92 Å². The minimum Gasteiger partial charge on any atom is -0.497 e. The molecule has 1 N–H and O–H groups in total. The predicted molar refractivity (Wildman–Crippen MR) is 195 cm³/mol. The third-order valence-electron chi connectivity index (χ3n) is 11.0. The first kappa shape index (κ1) is 35.6. The van der Waals surface area contributed by atoms with E-state index < -0.39 is 23.1 Å². The van der Waals surface area contributed by atoms with Gasteiger partial charge >= 0.3 is 0 Å². The Labute approximate surface area is 316 Å². The number of fused-ring (bicyclic) bond motifs is 4. The second kappa shape index (κ2) is 13.5. The first-order chi connectivity index (χ1) is 26.1. The molecular weight excluding hydrogens is 720 g/mol. The van der Waals surface area contributed by atoms with E-state index in [4.69, 9.17) is 49.2 Å². The molecule has 282 valence electrons. The summed E-state index contributed by atoms with van der Waals surface area (Å²) in [7, 11) is 7.99. The van der Waals surface area contributed by atoms with Crippen molar-refractivity contribution in [3.05, 3.63) is 75.0 Å². The van der Waals surface area contributed by atoms with Crippen molar-refractivity contribution in [1.82, 2.24) is 10.2 Å². The highest BCUT2D eigenvalue weighted by Gasteiger charge is 2.63. The van der Waals surface area contributed by atoms with Crippen LogP contribution < -0.4 is 38.5 Å². The molecule has 1 amide bonds. The zero-order valence-corrected chi connectivity index (χ0v) is 31.4. The minimum atomic E-state index is -1.98. The van der Waals surface area contributed by atoms with Crippen molar-refractivity contribution in [2.45, 2.75) is 37.8 Å². The average molecular weight is 759 g/mol. The number of likely N-dealkylation sites (N-methyl/N-ethyl adjacent to an activating group) is 1. The second-order valence-electron chi connectivity index (χ2n) is 13.8. The number of furan rings is 1. The number of carbonyl (C=O) groups is 3. The van der Waals surface area contributed by atoms with Crippen LogP contribution in [0.15, 0.2) is 40.8 Å². The number of methoxy groups -OCH3 is 4. The zero-order valence-electron chi connectivity index (χ0n) is 30.7. The number of nitrogens with one attached hydrogen (secondary N) is 1. The fourth-order valence-corrected chi connectivity index (χ4v) is 8.46. The number of rotatable bonds is 9. The molecule has 3 aliphatic heterocycles. The Balaban J connectivity index is 1.16. The summed E-state index contributed by atoms with van der Waals surface area (Å²) in [5, 5.41) is 3.15. The van der Waals surface area contributed by atoms with Gasteiger partial charge in [-0.2, -0.15) is 0 Å². The van der Waals surface area contributed by atoms with Crippen LogP contribution in [-0.2, 0) is 24.1 Å². The number of hydrogen-bond acceptors (Lipinski definition) is 12. The van der Waals surface area contributed by atoms with Gasteiger partial charge in [0.2, 0.25) is 35.6 Å². The molecule has 8 rings (SSSR count). The normalized spacial score (nSPS) is 20.9. The van der Waals surface area contributed by atoms with E-state index in [0.717, 1.165) is 24.1 Å². The summed E-state index contributed by atoms with van der Waals surface area (Å²) in [6.07, 6.45) is 0.714. The first-order valence-electron chi connectivity index (χ1n) is 17.5. The third kappa shape index (κ3) is 5.27. The Kier molecular flexibility index (Phi) is 8.89. The first-order valence-corrected chi connectivity index (χ1v) is 17.9. The zero-order chi connectivity index (χ0) is 38.1. The summed E-state index contributed by atoms with van der Waals surface area (Å²) in [6.45, 7) is 2.85. The molecule has 4 heterocycles. The maximum absolute atomic E-state index is 15.0. The summed E-state index contributed by atoms with van der Waals surface area (Å²) < 4.78 is 46.4. The summed E-state index contributed by atoms with van der Waals surface area (Å²) in [4.78, 5) is 45.7. The number of benzene rings is 3. The van der Waals surface area contributed by atoms with Crippen molar-refractivity contribution in [3.63, 3.8) is 0 Å². The van der Waals surface area contributed by atoms with Gasteiger partial charge in [0.25, 0.3) is 0 Å². The maximum Gasteiger partial charge on any atom is 0.237 e. The molecule has 4 aromatic rings. The molecule has 0 fully saturated rings. The Morgan fingerprint density at radius 2 is 1.70 bits per heavy atom. The van der Waals surface area contributed by atoms with Gasteiger partial charge in [-0.1, -0.05) is 18.5 Å². The predicted octanol–water partition coefficient (Wildman–Crippen LogP) is 5.64. The Morgan fingerprint density at radius 3 is 2.41 bits per heavy atom. The van der Waals surface area contributed by atoms with Crippen LogP contribution in [0.5, 0.6) is 40.2 Å². The highest BCUT2D eigenvalue weighted by atomic mass is 35.5. The molecule has 0 saturated carbocycles. The molecule has 14 heteroatoms. The molecule has 4 aliphatic rings. The SMILES string of the molecule is COc1ccc(-c2oc3c(c2CC(=O)NCC2c4c(cc5c(c4OC)OCO5)CCN2C)C(=O)C2(Oc4c(Cl)c(OC)cc(OC)c4C2=O)C(C)C3)cc1. The largest absolute Gasteiger partial charge is 0.497 e. The lowest BCUT2D eigenvalue weighted by Crippen LogP contribution is -2.56. The maximum atomic E-state index is 15.0. The van der Waals surface area contributed by atoms with Gasteiger partial charge in [0.15, 0.2) is 17.2 Å². The quantitative estimate of drug-likeness (QED) is 0.211. The number of halogens is 1. The van der Waals surface area contributed by atoms with Crippen LogP contribution in [0.3, 0.4) is 0 Å². The van der Waals surface area contributed by atoms with Gasteiger partial charge in [0.1, 0.15) is 39.4 Å². The molecule has 1 spiro atoms. The monoisotopic (exact) mass is 758 g/mol. The van der Waals surface area contributed by atoms with Crippen LogP contribution >= 0.6 is 11.6 Å². The summed E-state index contributed by atoms with van der Waals surface area (Å²) in [5.41, 5.74) is 1.14. The van der Waals surface area contributed by atoms with E-state index >= 15 is 0 Å². The molecule has 3 atom stereocenters. The number of hydrogen-bond donors (Lipinski definition) is 1. The molecule has 3 aromatic carbocycles. The summed E-state index contributed by atoms with van der Waals surface area (Å²) in [5.74, 6) is 1.25. The lowest BCUT2D eigenvalue weighted by atomic mass is 9.70. The van der Waals surface area contributed by atoms with Crippen LogP contribution in [-0.4, -0.2) is 83.3 Å². The van der Waals surface area contributed by atoms with Gasteiger partial charge in [-0.3, -0.25) is 19.3 Å². The fourth-order valence-electron chi connectivity index (χ4n) is 8.19. The van der Waals surface area contributed by atoms with Crippen molar-refractivity contribution in [2.24, 2.45) is 5.92 Å². The fraction of sp³-hybridized carbons (Fsp3) is 0.375. The van der Waals surface area contributed by atoms with E-state index in [2.05, 4.69) is 10.2 Å². The number of ketones is 2. The summed E-state index contributed by atoms with van der Waals surface area (Å²) in [6, 6.07) is 10.4. The van der Waals surface area contributed by atoms with Gasteiger partial charge in [0.05, 0.1) is 46.5 Å². The number of amides is 1. The highest BCUT2D eigenvalue weighted by molar-refractivity contribution is 6.36. The van der Waals surface area contributed by atoms with Crippen LogP contribution in [0.1, 0.15) is 56.1 Å². The smallest absolute Gasteiger partial charge is 0.237 e. The van der Waals surface area contributed by atoms with E-state index in [1.807, 2.05) is 13.1 Å². The van der Waals surface area contributed by atoms with Crippen molar-refractivity contribution in [1.29, 1.82) is 0 Å². The molecule has 3 unspecified atom stereocenters. The average Bonchev–Trinajstić information content (AvgIpc) is 3.88. The number of Topliss-reactive ketones (excluding diaryl/α,β-unsaturated/α-hetero) is 2. The van der Waals surface area contributed by atoms with Gasteiger partial charge in [-0.05, 0) is 49.4 Å². The highest BCUT2D eigenvalue weighted by Crippen LogP contribution is 2.55. The molecule has 0 radical (unpaired) electrons.